The zero-order chi connectivity index (χ0) is 10.9. The van der Waals surface area contributed by atoms with Gasteiger partial charge in [0, 0.05) is 11.5 Å². The van der Waals surface area contributed by atoms with Crippen molar-refractivity contribution in [2.24, 2.45) is 11.1 Å². The first-order valence-corrected chi connectivity index (χ1v) is 5.43. The predicted molar refractivity (Wildman–Crippen MR) is 59.7 cm³/mol. The van der Waals surface area contributed by atoms with E-state index in [1.54, 1.807) is 6.20 Å². The lowest BCUT2D eigenvalue weighted by atomic mass is 10.2. The van der Waals surface area contributed by atoms with E-state index in [1.807, 2.05) is 19.1 Å². The number of aromatic nitrogens is 1. The van der Waals surface area contributed by atoms with E-state index >= 15 is 0 Å². The highest BCUT2D eigenvalue weighted by atomic mass is 16.5. The Morgan fingerprint density at radius 1 is 1.53 bits per heavy atom. The van der Waals surface area contributed by atoms with Gasteiger partial charge in [-0.1, -0.05) is 6.92 Å². The molecule has 1 atom stereocenters. The smallest absolute Gasteiger partial charge is 0.137 e. The second-order valence-corrected chi connectivity index (χ2v) is 4.81. The first-order valence-electron chi connectivity index (χ1n) is 5.43. The summed E-state index contributed by atoms with van der Waals surface area (Å²) in [5.74, 6) is 0.840. The fraction of sp³-hybridized carbons (Fsp3) is 0.583. The molecule has 82 valence electrons. The molecule has 2 rings (SSSR count). The van der Waals surface area contributed by atoms with Gasteiger partial charge in [-0.05, 0) is 31.9 Å². The topological polar surface area (TPSA) is 48.1 Å². The second kappa shape index (κ2) is 3.81. The number of hydrogen-bond acceptors (Lipinski definition) is 3. The molecule has 1 aliphatic carbocycles. The van der Waals surface area contributed by atoms with Crippen LogP contribution in [0.1, 0.15) is 38.4 Å². The molecule has 1 fully saturated rings. The minimum Gasteiger partial charge on any atom is -0.491 e. The van der Waals surface area contributed by atoms with Gasteiger partial charge in [0.25, 0.3) is 0 Å². The molecule has 0 saturated heterocycles. The number of rotatable bonds is 4. The van der Waals surface area contributed by atoms with Gasteiger partial charge in [0.2, 0.25) is 0 Å². The van der Waals surface area contributed by atoms with Crippen LogP contribution in [-0.2, 0) is 0 Å². The van der Waals surface area contributed by atoms with Crippen LogP contribution in [0.5, 0.6) is 5.75 Å². The normalized spacial score (nSPS) is 19.7. The van der Waals surface area contributed by atoms with Crippen LogP contribution in [0, 0.1) is 5.41 Å². The van der Waals surface area contributed by atoms with Crippen molar-refractivity contribution in [3.63, 3.8) is 0 Å². The Hall–Kier alpha value is -1.09. The Morgan fingerprint density at radius 3 is 2.73 bits per heavy atom. The summed E-state index contributed by atoms with van der Waals surface area (Å²) in [6.45, 7) is 4.97. The number of pyridine rings is 1. The summed E-state index contributed by atoms with van der Waals surface area (Å²) in [4.78, 5) is 4.25. The van der Waals surface area contributed by atoms with Gasteiger partial charge in [-0.2, -0.15) is 0 Å². The van der Waals surface area contributed by atoms with E-state index in [2.05, 4.69) is 11.9 Å². The molecule has 0 spiro atoms. The van der Waals surface area contributed by atoms with Crippen LogP contribution in [0.2, 0.25) is 0 Å². The molecule has 0 unspecified atom stereocenters. The van der Waals surface area contributed by atoms with Gasteiger partial charge in [0.05, 0.1) is 18.5 Å². The van der Waals surface area contributed by atoms with Crippen LogP contribution >= 0.6 is 0 Å². The average molecular weight is 206 g/mol. The van der Waals surface area contributed by atoms with Crippen molar-refractivity contribution in [2.45, 2.75) is 32.7 Å². The highest BCUT2D eigenvalue weighted by Crippen LogP contribution is 2.44. The van der Waals surface area contributed by atoms with Crippen molar-refractivity contribution in [1.82, 2.24) is 4.98 Å². The minimum atomic E-state index is -0.0139. The number of hydrogen-bond donors (Lipinski definition) is 1. The third-order valence-electron chi connectivity index (χ3n) is 2.92. The molecule has 0 bridgehead atoms. The van der Waals surface area contributed by atoms with Crippen molar-refractivity contribution in [2.75, 3.05) is 6.61 Å². The highest BCUT2D eigenvalue weighted by Gasteiger charge is 2.38. The lowest BCUT2D eigenvalue weighted by Crippen LogP contribution is -2.10. The summed E-state index contributed by atoms with van der Waals surface area (Å²) < 4.78 is 5.66. The molecule has 15 heavy (non-hydrogen) atoms. The monoisotopic (exact) mass is 206 g/mol. The standard InChI is InChI=1S/C12H18N2O/c1-9(13)11-4-3-10(7-14-11)15-8-12(2)5-6-12/h3-4,7,9H,5-6,8,13H2,1-2H3/t9-/m1/s1. The number of ether oxygens (including phenoxy) is 1. The molecule has 0 radical (unpaired) electrons. The van der Waals surface area contributed by atoms with Crippen LogP contribution in [0.3, 0.4) is 0 Å². The van der Waals surface area contributed by atoms with Crippen molar-refractivity contribution in [3.05, 3.63) is 24.0 Å². The Labute approximate surface area is 90.7 Å². The Kier molecular flexibility index (Phi) is 2.65. The molecule has 1 heterocycles. The van der Waals surface area contributed by atoms with Crippen LogP contribution in [-0.4, -0.2) is 11.6 Å². The van der Waals surface area contributed by atoms with Crippen LogP contribution in [0.25, 0.3) is 0 Å². The third kappa shape index (κ3) is 2.69. The fourth-order valence-corrected chi connectivity index (χ4v) is 1.36. The summed E-state index contributed by atoms with van der Waals surface area (Å²) in [6.07, 6.45) is 4.31. The predicted octanol–water partition coefficient (Wildman–Crippen LogP) is 2.28. The zero-order valence-corrected chi connectivity index (χ0v) is 9.36. The molecule has 1 saturated carbocycles. The molecular weight excluding hydrogens is 188 g/mol. The fourth-order valence-electron chi connectivity index (χ4n) is 1.36. The summed E-state index contributed by atoms with van der Waals surface area (Å²) in [7, 11) is 0. The summed E-state index contributed by atoms with van der Waals surface area (Å²) in [6, 6.07) is 3.85. The van der Waals surface area contributed by atoms with E-state index in [9.17, 15) is 0 Å². The Balaban J connectivity index is 1.92. The van der Waals surface area contributed by atoms with E-state index in [0.29, 0.717) is 5.41 Å². The van der Waals surface area contributed by atoms with E-state index < -0.39 is 0 Å². The zero-order valence-electron chi connectivity index (χ0n) is 9.36. The van der Waals surface area contributed by atoms with Gasteiger partial charge in [0.15, 0.2) is 0 Å². The van der Waals surface area contributed by atoms with E-state index in [-0.39, 0.29) is 6.04 Å². The lowest BCUT2D eigenvalue weighted by molar-refractivity contribution is 0.246. The first kappa shape index (κ1) is 10.4. The molecule has 0 aliphatic heterocycles. The van der Waals surface area contributed by atoms with Crippen molar-refractivity contribution >= 4 is 0 Å². The SMILES string of the molecule is C[C@@H](N)c1ccc(OCC2(C)CC2)cn1. The molecule has 0 amide bonds. The maximum atomic E-state index is 5.71. The van der Waals surface area contributed by atoms with Gasteiger partial charge < -0.3 is 10.5 Å². The second-order valence-electron chi connectivity index (χ2n) is 4.81. The summed E-state index contributed by atoms with van der Waals surface area (Å²) >= 11 is 0. The van der Waals surface area contributed by atoms with Gasteiger partial charge in [-0.3, -0.25) is 4.98 Å². The largest absolute Gasteiger partial charge is 0.491 e. The van der Waals surface area contributed by atoms with Crippen LogP contribution < -0.4 is 10.5 Å². The highest BCUT2D eigenvalue weighted by molar-refractivity contribution is 5.21. The molecule has 1 aromatic heterocycles. The van der Waals surface area contributed by atoms with Gasteiger partial charge in [-0.25, -0.2) is 0 Å². The maximum Gasteiger partial charge on any atom is 0.137 e. The summed E-state index contributed by atoms with van der Waals surface area (Å²) in [5, 5.41) is 0. The van der Waals surface area contributed by atoms with E-state index in [1.165, 1.54) is 12.8 Å². The molecule has 2 N–H and O–H groups in total. The van der Waals surface area contributed by atoms with Crippen molar-refractivity contribution in [3.8, 4) is 5.75 Å². The van der Waals surface area contributed by atoms with Crippen LogP contribution in [0.4, 0.5) is 0 Å². The molecule has 3 heteroatoms. The third-order valence-corrected chi connectivity index (χ3v) is 2.92. The molecule has 1 aromatic rings. The van der Waals surface area contributed by atoms with Gasteiger partial charge >= 0.3 is 0 Å². The van der Waals surface area contributed by atoms with Crippen molar-refractivity contribution < 1.29 is 4.74 Å². The average Bonchev–Trinajstić information content (AvgIpc) is 2.95. The number of nitrogens with zero attached hydrogens (tertiary/aromatic N) is 1. The molecule has 1 aliphatic rings. The minimum absolute atomic E-state index is 0.0139. The molecule has 0 aromatic carbocycles. The van der Waals surface area contributed by atoms with Gasteiger partial charge in [0.1, 0.15) is 5.75 Å². The summed E-state index contributed by atoms with van der Waals surface area (Å²) in [5.41, 5.74) is 7.03. The van der Waals surface area contributed by atoms with E-state index in [0.717, 1.165) is 18.1 Å². The maximum absolute atomic E-state index is 5.71. The number of nitrogens with two attached hydrogens (primary N) is 1. The first-order chi connectivity index (χ1) is 7.09. The lowest BCUT2D eigenvalue weighted by Gasteiger charge is -2.11. The van der Waals surface area contributed by atoms with Crippen LogP contribution in [0.15, 0.2) is 18.3 Å². The Bertz CT molecular complexity index is 328. The Morgan fingerprint density at radius 2 is 2.27 bits per heavy atom. The van der Waals surface area contributed by atoms with E-state index in [4.69, 9.17) is 10.5 Å². The molecular formula is C12H18N2O. The van der Waals surface area contributed by atoms with Gasteiger partial charge in [-0.15, -0.1) is 0 Å². The molecule has 3 nitrogen and oxygen atoms in total. The quantitative estimate of drug-likeness (QED) is 0.822. The van der Waals surface area contributed by atoms with Crippen molar-refractivity contribution in [1.29, 1.82) is 0 Å².